The van der Waals surface area contributed by atoms with Gasteiger partial charge >= 0.3 is 18.0 Å². The van der Waals surface area contributed by atoms with Gasteiger partial charge < -0.3 is 111 Å². The fourth-order valence-corrected chi connectivity index (χ4v) is 6.61. The van der Waals surface area contributed by atoms with E-state index in [4.69, 9.17) is 66.0 Å². The minimum atomic E-state index is -2.09. The van der Waals surface area contributed by atoms with Crippen LogP contribution in [-0.4, -0.2) is 163 Å². The number of carboxylic acid groups (broad SMARTS) is 1. The Morgan fingerprint density at radius 1 is 0.529 bits per heavy atom. The number of phenols is 6. The number of aliphatic hydroxyl groups excluding tert-OH is 9. The van der Waals surface area contributed by atoms with Crippen LogP contribution in [0, 0.1) is 21.3 Å². The number of carbonyl (C=O) groups excluding carboxylic acids is 4. The van der Waals surface area contributed by atoms with Crippen LogP contribution < -0.4 is 0 Å². The summed E-state index contributed by atoms with van der Waals surface area (Å²) >= 11 is 1.23. The Kier molecular flexibility index (Phi) is 48.8. The second kappa shape index (κ2) is 49.1. The number of aryl methyl sites for hydroxylation is 2. The standard InChI is InChI=1S/C19H23NO3.3C10H14O3.C4H5IO6.C4H6O6.CH4O.CH3.Pd/c1-14-9-10-17(11-15(14)2)18(21)12-20(3)19(22)23-13-16-7-5-4-6-8-16;3*1-2-3-8(11)7-4-5-9(12)10(13)6-7;5-11-4(9)2(7)3(8)10-1-6;5-1-10-4(9)2(6)3(7)8;1-2;;/h4-11,18,21H,12-13H2,1-3H3;3*4-6,8,11-13H,2-3H2,1H3;1-3,7-8H;1-2,4,6,9H,(H,7,8);2H,1H3;1H3;/q;;;;;;;-1;/t18-;3*8-;2-,3+;2-,4-;;;/m000011.../s1. The van der Waals surface area contributed by atoms with Crippen LogP contribution in [0.15, 0.2) is 103 Å². The number of aliphatic hydroxyl groups is 9. The summed E-state index contributed by atoms with van der Waals surface area (Å²) in [6, 6.07) is 28.4. The van der Waals surface area contributed by atoms with Gasteiger partial charge in [0.15, 0.2) is 57.5 Å². The Hall–Kier alpha value is -6.92. The van der Waals surface area contributed by atoms with Gasteiger partial charge in [-0.2, -0.15) is 0 Å². The molecule has 0 unspecified atom stereocenters. The number of likely N-dealkylation sites (N-methyl/N-ethyl adjacent to an activating group) is 1. The van der Waals surface area contributed by atoms with E-state index in [0.29, 0.717) is 36.0 Å². The van der Waals surface area contributed by atoms with Crippen molar-refractivity contribution in [1.29, 1.82) is 0 Å². The summed E-state index contributed by atoms with van der Waals surface area (Å²) in [5.41, 5.74) is 5.94. The van der Waals surface area contributed by atoms with Crippen LogP contribution in [0.2, 0.25) is 0 Å². The monoisotopic (exact) mass is 1440 g/mol. The smallest absolute Gasteiger partial charge is 0.409 e. The summed E-state index contributed by atoms with van der Waals surface area (Å²) in [5.74, 6) is -3.78. The molecule has 28 heteroatoms. The molecule has 0 aliphatic rings. The summed E-state index contributed by atoms with van der Waals surface area (Å²) < 4.78 is 16.8. The van der Waals surface area contributed by atoms with Gasteiger partial charge in [-0.1, -0.05) is 107 Å². The van der Waals surface area contributed by atoms with Gasteiger partial charge in [0.2, 0.25) is 24.8 Å². The first-order valence-corrected chi connectivity index (χ1v) is 26.7. The second-order valence-electron chi connectivity index (χ2n) is 17.8. The molecule has 0 saturated carbocycles. The number of rotatable bonds is 22. The van der Waals surface area contributed by atoms with Crippen molar-refractivity contribution < 1.29 is 143 Å². The van der Waals surface area contributed by atoms with E-state index in [1.807, 2.05) is 83.1 Å². The van der Waals surface area contributed by atoms with E-state index in [0.717, 1.165) is 43.1 Å². The number of amides is 1. The molecule has 492 valence electrons. The van der Waals surface area contributed by atoms with Gasteiger partial charge in [-0.05, 0) is 108 Å². The topological polar surface area (TPSA) is 449 Å². The summed E-state index contributed by atoms with van der Waals surface area (Å²) in [5, 5.41) is 143. The molecule has 5 aromatic carbocycles. The number of ether oxygens (including phenoxy) is 3. The van der Waals surface area contributed by atoms with Crippen LogP contribution in [-0.2, 0) is 63.5 Å². The maximum atomic E-state index is 12.0. The first kappa shape index (κ1) is 86.5. The molecular formula is C59H83INO25Pd-. The predicted molar refractivity (Wildman–Crippen MR) is 320 cm³/mol. The number of hydrogen-bond acceptors (Lipinski definition) is 24. The Balaban J connectivity index is -0.000000482. The molecule has 0 aliphatic heterocycles. The zero-order valence-electron chi connectivity index (χ0n) is 49.2. The molecule has 1 amide bonds. The third-order valence-electron chi connectivity index (χ3n) is 11.2. The number of carboxylic acids is 1. The summed E-state index contributed by atoms with van der Waals surface area (Å²) in [6.07, 6.45) is -6.09. The minimum Gasteiger partial charge on any atom is -0.504 e. The van der Waals surface area contributed by atoms with Gasteiger partial charge in [-0.15, -0.1) is 0 Å². The van der Waals surface area contributed by atoms with Gasteiger partial charge in [0.25, 0.3) is 12.9 Å². The maximum Gasteiger partial charge on any atom is 0.409 e. The molecule has 0 aromatic heterocycles. The number of benzene rings is 5. The molecule has 0 spiro atoms. The molecule has 0 bridgehead atoms. The van der Waals surface area contributed by atoms with Crippen LogP contribution in [0.1, 0.15) is 123 Å². The summed E-state index contributed by atoms with van der Waals surface area (Å²) in [7, 11) is 2.62. The third-order valence-corrected chi connectivity index (χ3v) is 11.7. The SMILES string of the molecule is CCC[C@H](O)c1ccc(O)c(O)c1.CCC[C@H](O)c1ccc(O)c(O)c1.CCC[C@H](O)c1ccc(O)c(O)c1.CO.Cc1ccc([C@@H](O)CN(C)C(=O)OCc2ccccc2)cc1C.O=CO[C@@H](O)[C@H](O)C(=O)O.O=CO[C@H](O)[C@@H](O)C(=O)OI.[CH3-].[Pd]. The molecule has 0 aliphatic carbocycles. The summed E-state index contributed by atoms with van der Waals surface area (Å²) in [6.45, 7) is 10.1. The minimum absolute atomic E-state index is 0. The van der Waals surface area contributed by atoms with Crippen molar-refractivity contribution in [3.05, 3.63) is 149 Å². The number of hydrogen-bond donors (Lipinski definition) is 16. The zero-order chi connectivity index (χ0) is 65.4. The van der Waals surface area contributed by atoms with E-state index in [2.05, 4.69) is 12.5 Å². The zero-order valence-corrected chi connectivity index (χ0v) is 52.9. The van der Waals surface area contributed by atoms with Crippen molar-refractivity contribution in [3.8, 4) is 34.5 Å². The average molecular weight is 1440 g/mol. The fraction of sp³-hybridized carbons (Fsp3) is 0.390. The van der Waals surface area contributed by atoms with Crippen LogP contribution in [0.3, 0.4) is 0 Å². The van der Waals surface area contributed by atoms with E-state index in [1.165, 1.54) is 69.9 Å². The average Bonchev–Trinajstić information content (AvgIpc) is 3.55. The Morgan fingerprint density at radius 2 is 0.885 bits per heavy atom. The van der Waals surface area contributed by atoms with E-state index < -0.39 is 67.2 Å². The van der Waals surface area contributed by atoms with E-state index in [-0.39, 0.29) is 88.4 Å². The van der Waals surface area contributed by atoms with Gasteiger partial charge in [0, 0.05) is 34.6 Å². The molecule has 0 fully saturated rings. The van der Waals surface area contributed by atoms with Crippen molar-refractivity contribution in [2.24, 2.45) is 0 Å². The van der Waals surface area contributed by atoms with Gasteiger partial charge in [0.05, 0.1) is 31.0 Å². The van der Waals surface area contributed by atoms with Crippen molar-refractivity contribution in [2.45, 2.75) is 129 Å². The van der Waals surface area contributed by atoms with Crippen molar-refractivity contribution >= 4 is 54.0 Å². The third kappa shape index (κ3) is 35.5. The second-order valence-corrected chi connectivity index (χ2v) is 18.2. The number of nitrogens with zero attached hydrogens (tertiary/aromatic N) is 1. The van der Waals surface area contributed by atoms with E-state index >= 15 is 0 Å². The number of carbonyl (C=O) groups is 5. The number of halogens is 1. The maximum absolute atomic E-state index is 12.0. The quantitative estimate of drug-likeness (QED) is 0.00706. The van der Waals surface area contributed by atoms with Crippen molar-refractivity contribution in [3.63, 3.8) is 0 Å². The number of aliphatic carboxylic acids is 1. The van der Waals surface area contributed by atoms with Gasteiger partial charge in [-0.25, -0.2) is 14.4 Å². The molecule has 26 nitrogen and oxygen atoms in total. The van der Waals surface area contributed by atoms with Crippen molar-refractivity contribution in [1.82, 2.24) is 4.90 Å². The van der Waals surface area contributed by atoms with Crippen LogP contribution in [0.25, 0.3) is 0 Å². The molecule has 5 aromatic rings. The largest absolute Gasteiger partial charge is 0.504 e. The van der Waals surface area contributed by atoms with Crippen LogP contribution >= 0.6 is 23.0 Å². The first-order chi connectivity index (χ1) is 40.1. The molecule has 87 heavy (non-hydrogen) atoms. The normalized spacial score (nSPS) is 12.6. The Bertz CT molecular complexity index is 2550. The molecule has 5 rings (SSSR count). The Morgan fingerprint density at radius 3 is 1.21 bits per heavy atom. The number of phenolic OH excluding ortho intramolecular Hbond substituents is 6. The van der Waals surface area contributed by atoms with Crippen LogP contribution in [0.4, 0.5) is 4.79 Å². The summed E-state index contributed by atoms with van der Waals surface area (Å²) in [4.78, 5) is 52.6. The van der Waals surface area contributed by atoms with E-state index in [1.54, 1.807) is 25.2 Å². The molecule has 16 N–H and O–H groups in total. The predicted octanol–water partition coefficient (Wildman–Crippen LogP) is 6.11. The fourth-order valence-electron chi connectivity index (χ4n) is 6.35. The van der Waals surface area contributed by atoms with Gasteiger partial charge in [0.1, 0.15) is 6.61 Å². The molecule has 0 radical (unpaired) electrons. The molecule has 8 atom stereocenters. The van der Waals surface area contributed by atoms with Crippen molar-refractivity contribution in [2.75, 3.05) is 20.7 Å². The van der Waals surface area contributed by atoms with E-state index in [9.17, 15) is 44.4 Å². The Labute approximate surface area is 533 Å². The number of aromatic hydroxyl groups is 6. The van der Waals surface area contributed by atoms with Gasteiger partial charge in [-0.3, -0.25) is 9.59 Å². The first-order valence-electron chi connectivity index (χ1n) is 25.8. The molecular weight excluding hydrogens is 1360 g/mol. The molecule has 0 heterocycles. The van der Waals surface area contributed by atoms with Crippen LogP contribution in [0.5, 0.6) is 34.5 Å². The molecule has 0 saturated heterocycles.